The SMILES string of the molecule is CC(=O)Nc1ccc(C(=O)NN=Cc2cn(Cc3ccc(Cl)cc3Cl)c3ccccc23)cc1. The molecule has 0 atom stereocenters. The van der Waals surface area contributed by atoms with Crippen LogP contribution in [0.4, 0.5) is 5.69 Å². The van der Waals surface area contributed by atoms with Crippen LogP contribution in [0.5, 0.6) is 0 Å². The van der Waals surface area contributed by atoms with E-state index < -0.39 is 0 Å². The van der Waals surface area contributed by atoms with E-state index in [1.165, 1.54) is 6.92 Å². The Labute approximate surface area is 200 Å². The Kier molecular flexibility index (Phi) is 6.77. The first-order chi connectivity index (χ1) is 15.9. The van der Waals surface area contributed by atoms with E-state index in [4.69, 9.17) is 23.2 Å². The quantitative estimate of drug-likeness (QED) is 0.274. The fourth-order valence-electron chi connectivity index (χ4n) is 3.48. The molecule has 0 radical (unpaired) electrons. The fourth-order valence-corrected chi connectivity index (χ4v) is 3.94. The van der Waals surface area contributed by atoms with Gasteiger partial charge in [-0.1, -0.05) is 47.5 Å². The third kappa shape index (κ3) is 5.42. The van der Waals surface area contributed by atoms with Gasteiger partial charge in [0.2, 0.25) is 5.91 Å². The molecule has 2 amide bonds. The minimum Gasteiger partial charge on any atom is -0.342 e. The minimum atomic E-state index is -0.350. The normalized spacial score (nSPS) is 11.1. The van der Waals surface area contributed by atoms with Gasteiger partial charge < -0.3 is 9.88 Å². The number of anilines is 1. The van der Waals surface area contributed by atoms with E-state index in [0.29, 0.717) is 27.8 Å². The molecule has 0 bridgehead atoms. The van der Waals surface area contributed by atoms with Crippen molar-refractivity contribution in [2.24, 2.45) is 5.10 Å². The van der Waals surface area contributed by atoms with Crippen LogP contribution in [0.25, 0.3) is 10.9 Å². The second-order valence-corrected chi connectivity index (χ2v) is 8.27. The number of hydrogen-bond acceptors (Lipinski definition) is 3. The Morgan fingerprint density at radius 3 is 2.52 bits per heavy atom. The van der Waals surface area contributed by atoms with E-state index in [1.54, 1.807) is 36.5 Å². The van der Waals surface area contributed by atoms with E-state index in [9.17, 15) is 9.59 Å². The lowest BCUT2D eigenvalue weighted by atomic mass is 10.2. The predicted octanol–water partition coefficient (Wildman–Crippen LogP) is 5.72. The summed E-state index contributed by atoms with van der Waals surface area (Å²) in [5.41, 5.74) is 6.42. The molecule has 0 spiro atoms. The number of para-hydroxylation sites is 1. The number of aromatic nitrogens is 1. The highest BCUT2D eigenvalue weighted by Crippen LogP contribution is 2.25. The van der Waals surface area contributed by atoms with E-state index in [0.717, 1.165) is 22.0 Å². The Bertz CT molecular complexity index is 1360. The zero-order valence-corrected chi connectivity index (χ0v) is 19.2. The Hall–Kier alpha value is -3.61. The third-order valence-corrected chi connectivity index (χ3v) is 5.60. The summed E-state index contributed by atoms with van der Waals surface area (Å²) in [6.45, 7) is 1.99. The van der Waals surface area contributed by atoms with Gasteiger partial charge in [0.05, 0.1) is 6.21 Å². The first-order valence-corrected chi connectivity index (χ1v) is 10.9. The molecule has 4 aromatic rings. The summed E-state index contributed by atoms with van der Waals surface area (Å²) < 4.78 is 2.08. The summed E-state index contributed by atoms with van der Waals surface area (Å²) in [5.74, 6) is -0.522. The maximum atomic E-state index is 12.4. The molecule has 0 saturated carbocycles. The van der Waals surface area contributed by atoms with Crippen molar-refractivity contribution in [1.29, 1.82) is 0 Å². The largest absolute Gasteiger partial charge is 0.342 e. The number of rotatable bonds is 6. The number of fused-ring (bicyclic) bond motifs is 1. The van der Waals surface area contributed by atoms with Crippen molar-refractivity contribution in [1.82, 2.24) is 9.99 Å². The summed E-state index contributed by atoms with van der Waals surface area (Å²) in [4.78, 5) is 23.5. The number of hydrazone groups is 1. The highest BCUT2D eigenvalue weighted by molar-refractivity contribution is 6.35. The molecule has 8 heteroatoms. The molecule has 0 aliphatic rings. The molecule has 6 nitrogen and oxygen atoms in total. The van der Waals surface area contributed by atoms with Crippen LogP contribution in [0, 0.1) is 0 Å². The van der Waals surface area contributed by atoms with Crippen molar-refractivity contribution in [3.63, 3.8) is 0 Å². The molecule has 3 aromatic carbocycles. The van der Waals surface area contributed by atoms with Crippen LogP contribution in [-0.2, 0) is 11.3 Å². The summed E-state index contributed by atoms with van der Waals surface area (Å²) in [6.07, 6.45) is 3.58. The zero-order valence-electron chi connectivity index (χ0n) is 17.7. The molecule has 0 unspecified atom stereocenters. The van der Waals surface area contributed by atoms with E-state index >= 15 is 0 Å². The summed E-state index contributed by atoms with van der Waals surface area (Å²) in [6, 6.07) is 20.0. The topological polar surface area (TPSA) is 75.5 Å². The van der Waals surface area contributed by atoms with Crippen molar-refractivity contribution in [2.45, 2.75) is 13.5 Å². The lowest BCUT2D eigenvalue weighted by Gasteiger charge is -2.08. The Morgan fingerprint density at radius 1 is 1.03 bits per heavy atom. The highest BCUT2D eigenvalue weighted by atomic mass is 35.5. The molecular formula is C25H20Cl2N4O2. The molecular weight excluding hydrogens is 459 g/mol. The van der Waals surface area contributed by atoms with Gasteiger partial charge in [0.15, 0.2) is 0 Å². The molecule has 1 aromatic heterocycles. The fraction of sp³-hybridized carbons (Fsp3) is 0.0800. The first kappa shape index (κ1) is 22.6. The van der Waals surface area contributed by atoms with Gasteiger partial charge in [0.25, 0.3) is 5.91 Å². The Morgan fingerprint density at radius 2 is 1.79 bits per heavy atom. The van der Waals surface area contributed by atoms with Crippen molar-refractivity contribution in [2.75, 3.05) is 5.32 Å². The van der Waals surface area contributed by atoms with Crippen molar-refractivity contribution >= 4 is 57.8 Å². The number of halogens is 2. The first-order valence-electron chi connectivity index (χ1n) is 10.1. The monoisotopic (exact) mass is 478 g/mol. The average molecular weight is 479 g/mol. The van der Waals surface area contributed by atoms with Gasteiger partial charge in [-0.15, -0.1) is 0 Å². The van der Waals surface area contributed by atoms with Gasteiger partial charge in [-0.3, -0.25) is 9.59 Å². The number of carbonyl (C=O) groups excluding carboxylic acids is 2. The highest BCUT2D eigenvalue weighted by Gasteiger charge is 2.10. The van der Waals surface area contributed by atoms with Gasteiger partial charge >= 0.3 is 0 Å². The number of amides is 2. The summed E-state index contributed by atoms with van der Waals surface area (Å²) >= 11 is 12.4. The van der Waals surface area contributed by atoms with Gasteiger partial charge in [-0.25, -0.2) is 5.43 Å². The lowest BCUT2D eigenvalue weighted by molar-refractivity contribution is -0.114. The smallest absolute Gasteiger partial charge is 0.271 e. The standard InChI is InChI=1S/C25H20Cl2N4O2/c1-16(32)29-21-10-7-17(8-11-21)25(33)30-28-13-19-15-31(24-5-3-2-4-22(19)24)14-18-6-9-20(26)12-23(18)27/h2-13,15H,14H2,1H3,(H,29,32)(H,30,33). The molecule has 4 rings (SSSR count). The second-order valence-electron chi connectivity index (χ2n) is 7.42. The van der Waals surface area contributed by atoms with Gasteiger partial charge in [-0.05, 0) is 48.0 Å². The van der Waals surface area contributed by atoms with E-state index in [1.807, 2.05) is 42.6 Å². The number of nitrogens with one attached hydrogen (secondary N) is 2. The van der Waals surface area contributed by atoms with Crippen LogP contribution in [0.1, 0.15) is 28.4 Å². The molecule has 0 aliphatic heterocycles. The van der Waals surface area contributed by atoms with Crippen molar-refractivity contribution in [3.8, 4) is 0 Å². The third-order valence-electron chi connectivity index (χ3n) is 5.01. The summed E-state index contributed by atoms with van der Waals surface area (Å²) in [7, 11) is 0. The number of hydrogen-bond donors (Lipinski definition) is 2. The lowest BCUT2D eigenvalue weighted by Crippen LogP contribution is -2.17. The molecule has 1 heterocycles. The molecule has 0 saturated heterocycles. The number of carbonyl (C=O) groups is 2. The van der Waals surface area contributed by atoms with Gasteiger partial charge in [-0.2, -0.15) is 5.10 Å². The van der Waals surface area contributed by atoms with Crippen LogP contribution in [0.3, 0.4) is 0 Å². The number of nitrogens with zero attached hydrogens (tertiary/aromatic N) is 2. The second kappa shape index (κ2) is 9.90. The van der Waals surface area contributed by atoms with Crippen LogP contribution in [-0.4, -0.2) is 22.6 Å². The maximum Gasteiger partial charge on any atom is 0.271 e. The van der Waals surface area contributed by atoms with Crippen LogP contribution in [0.15, 0.2) is 78.0 Å². The molecule has 2 N–H and O–H groups in total. The van der Waals surface area contributed by atoms with Gasteiger partial charge in [0, 0.05) is 57.4 Å². The minimum absolute atomic E-state index is 0.172. The molecule has 33 heavy (non-hydrogen) atoms. The maximum absolute atomic E-state index is 12.4. The van der Waals surface area contributed by atoms with Crippen LogP contribution in [0.2, 0.25) is 10.0 Å². The van der Waals surface area contributed by atoms with Crippen LogP contribution < -0.4 is 10.7 Å². The Balaban J connectivity index is 1.51. The van der Waals surface area contributed by atoms with Crippen molar-refractivity contribution in [3.05, 3.63) is 99.7 Å². The summed E-state index contributed by atoms with van der Waals surface area (Å²) in [5, 5.41) is 8.99. The van der Waals surface area contributed by atoms with E-state index in [-0.39, 0.29) is 11.8 Å². The average Bonchev–Trinajstić information content (AvgIpc) is 3.13. The molecule has 166 valence electrons. The van der Waals surface area contributed by atoms with Crippen molar-refractivity contribution < 1.29 is 9.59 Å². The number of benzene rings is 3. The van der Waals surface area contributed by atoms with E-state index in [2.05, 4.69) is 20.4 Å². The van der Waals surface area contributed by atoms with Crippen LogP contribution >= 0.6 is 23.2 Å². The molecule has 0 fully saturated rings. The molecule has 0 aliphatic carbocycles. The van der Waals surface area contributed by atoms with Gasteiger partial charge in [0.1, 0.15) is 0 Å². The zero-order chi connectivity index (χ0) is 23.4. The predicted molar refractivity (Wildman–Crippen MR) is 133 cm³/mol.